The van der Waals surface area contributed by atoms with E-state index in [9.17, 15) is 0 Å². The van der Waals surface area contributed by atoms with Gasteiger partial charge in [0.1, 0.15) is 0 Å². The average Bonchev–Trinajstić information content (AvgIpc) is 3.39. The summed E-state index contributed by atoms with van der Waals surface area (Å²) in [6.07, 6.45) is 47.1. The highest BCUT2D eigenvalue weighted by Crippen LogP contribution is 2.71. The van der Waals surface area contributed by atoms with E-state index in [-0.39, 0.29) is 33.2 Å². The van der Waals surface area contributed by atoms with Crippen LogP contribution < -0.4 is 0 Å². The lowest BCUT2D eigenvalue weighted by Gasteiger charge is -2.62. The Balaban J connectivity index is 1.25. The van der Waals surface area contributed by atoms with Crippen molar-refractivity contribution in [2.75, 3.05) is 0 Å². The molecular formula is C59H81BN2. The van der Waals surface area contributed by atoms with Gasteiger partial charge < -0.3 is 9.80 Å². The molecule has 9 unspecified atom stereocenters. The first kappa shape index (κ1) is 42.7. The lowest BCUT2D eigenvalue weighted by molar-refractivity contribution is 0.0508. The topological polar surface area (TPSA) is 6.48 Å². The van der Waals surface area contributed by atoms with E-state index in [1.54, 1.807) is 50.4 Å². The summed E-state index contributed by atoms with van der Waals surface area (Å²) in [6, 6.07) is 0.670. The highest BCUT2D eigenvalue weighted by molar-refractivity contribution is 6.73. The van der Waals surface area contributed by atoms with Crippen molar-refractivity contribution >= 4 is 6.71 Å². The van der Waals surface area contributed by atoms with Crippen molar-refractivity contribution in [2.24, 2.45) is 51.2 Å². The fourth-order valence-corrected chi connectivity index (χ4v) is 15.2. The Morgan fingerprint density at radius 3 is 2.21 bits per heavy atom. The Labute approximate surface area is 379 Å². The van der Waals surface area contributed by atoms with Gasteiger partial charge in [-0.05, 0) is 134 Å². The summed E-state index contributed by atoms with van der Waals surface area (Å²) in [5.41, 5.74) is 15.3. The van der Waals surface area contributed by atoms with Crippen molar-refractivity contribution in [1.82, 2.24) is 9.80 Å². The Morgan fingerprint density at radius 2 is 1.55 bits per heavy atom. The Hall–Kier alpha value is -3.20. The first-order valence-electron chi connectivity index (χ1n) is 25.5. The number of allylic oxidation sites excluding steroid dienone is 17. The van der Waals surface area contributed by atoms with E-state index < -0.39 is 0 Å². The van der Waals surface area contributed by atoms with Crippen molar-refractivity contribution in [2.45, 2.75) is 183 Å². The van der Waals surface area contributed by atoms with Gasteiger partial charge in [-0.25, -0.2) is 0 Å². The van der Waals surface area contributed by atoms with Crippen LogP contribution >= 0.6 is 0 Å². The summed E-state index contributed by atoms with van der Waals surface area (Å²) in [5, 5.41) is 0. The van der Waals surface area contributed by atoms with Crippen LogP contribution in [0.5, 0.6) is 0 Å². The smallest absolute Gasteiger partial charge is 0.200 e. The number of nitrogens with zero attached hydrogens (tertiary/aromatic N) is 2. The molecule has 0 bridgehead atoms. The van der Waals surface area contributed by atoms with Crippen molar-refractivity contribution in [3.8, 4) is 0 Å². The van der Waals surface area contributed by atoms with Crippen LogP contribution in [0.2, 0.25) is 11.6 Å². The molecule has 0 aromatic carbocycles. The van der Waals surface area contributed by atoms with E-state index in [2.05, 4.69) is 179 Å². The van der Waals surface area contributed by atoms with Crippen LogP contribution in [0.25, 0.3) is 0 Å². The van der Waals surface area contributed by atoms with Gasteiger partial charge in [-0.3, -0.25) is 0 Å². The molecule has 330 valence electrons. The summed E-state index contributed by atoms with van der Waals surface area (Å²) in [7, 11) is 0. The van der Waals surface area contributed by atoms with E-state index in [0.717, 1.165) is 19.3 Å². The van der Waals surface area contributed by atoms with Gasteiger partial charge in [0, 0.05) is 45.7 Å². The van der Waals surface area contributed by atoms with Crippen molar-refractivity contribution < 1.29 is 0 Å². The number of hydrogen-bond acceptors (Lipinski definition) is 2. The van der Waals surface area contributed by atoms with Gasteiger partial charge in [0.05, 0.1) is 12.1 Å². The summed E-state index contributed by atoms with van der Waals surface area (Å²) in [6.45, 7) is 33.0. The standard InChI is InChI=1S/C59H81BN2/c1-37-28-38(2)30-40(29-37)41-31-51-53-52(32-41)62-54-46(59(58(62,12)13)26-18-15-19-27-59)34-44(57(9,10)11)36-48(54)60(53)47-35-43(56(6,7)8)23-25-50(47)61(51)49-24-22-42(55(3,4)5)33-45(49)39-20-16-14-17-21-39/h14,16-17,20,22,24-25,29,31-32,34-36,38-40,43,45,48,51,53-54H,15,18-19,21,23,26-28,30,33H2,1-13H3. The number of hydrogen-bond donors (Lipinski definition) is 0. The van der Waals surface area contributed by atoms with Crippen LogP contribution in [0, 0.1) is 51.2 Å². The van der Waals surface area contributed by atoms with E-state index in [0.29, 0.717) is 54.0 Å². The molecule has 62 heavy (non-hydrogen) atoms. The number of rotatable bonds is 3. The molecule has 0 N–H and O–H groups in total. The van der Waals surface area contributed by atoms with E-state index >= 15 is 0 Å². The Morgan fingerprint density at radius 1 is 0.790 bits per heavy atom. The Kier molecular flexibility index (Phi) is 10.1. The summed E-state index contributed by atoms with van der Waals surface area (Å²) in [5.74, 6) is 3.42. The third-order valence-corrected chi connectivity index (χ3v) is 18.6. The van der Waals surface area contributed by atoms with Gasteiger partial charge in [0.25, 0.3) is 0 Å². The average molecular weight is 829 g/mol. The first-order valence-corrected chi connectivity index (χ1v) is 25.5. The second kappa shape index (κ2) is 14.7. The normalized spacial score (nSPS) is 35.9. The fourth-order valence-electron chi connectivity index (χ4n) is 15.2. The predicted molar refractivity (Wildman–Crippen MR) is 265 cm³/mol. The number of fused-ring (bicyclic) bond motifs is 5. The molecule has 2 nitrogen and oxygen atoms in total. The molecule has 0 aromatic heterocycles. The molecule has 10 rings (SSSR count). The molecule has 10 aliphatic rings. The predicted octanol–water partition coefficient (Wildman–Crippen LogP) is 15.5. The zero-order chi connectivity index (χ0) is 43.9. The molecule has 3 aliphatic heterocycles. The first-order chi connectivity index (χ1) is 29.2. The van der Waals surface area contributed by atoms with Crippen LogP contribution in [0.1, 0.15) is 154 Å². The third-order valence-electron chi connectivity index (χ3n) is 18.6. The van der Waals surface area contributed by atoms with E-state index in [1.165, 1.54) is 44.9 Å². The monoisotopic (exact) mass is 829 g/mol. The van der Waals surface area contributed by atoms with Crippen molar-refractivity contribution in [3.05, 3.63) is 129 Å². The SMILES string of the molecule is CC1=CC(C2=CC3C4B(C5=CC(C(C)(C)C)CC=C5N3C3=CC=C(C(C)(C)C)CC3C3C=CC=CC3)C3C=C(C(C)(C)C)C=C5C3N(C4=C2)C(C)(C)C52CCCCC2)CC(C)C1. The molecule has 4 fully saturated rings. The van der Waals surface area contributed by atoms with E-state index in [1.807, 2.05) is 0 Å². The van der Waals surface area contributed by atoms with Crippen LogP contribution in [-0.2, 0) is 0 Å². The summed E-state index contributed by atoms with van der Waals surface area (Å²) < 4.78 is 0. The second-order valence-electron chi connectivity index (χ2n) is 25.9. The van der Waals surface area contributed by atoms with Crippen LogP contribution in [0.15, 0.2) is 129 Å². The van der Waals surface area contributed by atoms with Crippen molar-refractivity contribution in [1.29, 1.82) is 0 Å². The van der Waals surface area contributed by atoms with Gasteiger partial charge in [-0.15, -0.1) is 0 Å². The molecule has 0 radical (unpaired) electrons. The molecule has 0 amide bonds. The molecule has 0 aromatic rings. The van der Waals surface area contributed by atoms with Gasteiger partial charge in [0.2, 0.25) is 0 Å². The molecule has 3 heteroatoms. The molecular weight excluding hydrogens is 747 g/mol. The van der Waals surface area contributed by atoms with Crippen LogP contribution in [0.3, 0.4) is 0 Å². The summed E-state index contributed by atoms with van der Waals surface area (Å²) >= 11 is 0. The highest BCUT2D eigenvalue weighted by atomic mass is 15.3. The Bertz CT molecular complexity index is 2230. The van der Waals surface area contributed by atoms with Gasteiger partial charge in [-0.2, -0.15) is 0 Å². The van der Waals surface area contributed by atoms with Gasteiger partial charge >= 0.3 is 0 Å². The fraction of sp³-hybridized carbons (Fsp3) is 0.627. The summed E-state index contributed by atoms with van der Waals surface area (Å²) in [4.78, 5) is 6.16. The largest absolute Gasteiger partial charge is 0.362 e. The molecule has 7 aliphatic carbocycles. The zero-order valence-corrected chi connectivity index (χ0v) is 41.2. The highest BCUT2D eigenvalue weighted by Gasteiger charge is 2.69. The molecule has 3 heterocycles. The maximum atomic E-state index is 3.14. The van der Waals surface area contributed by atoms with Crippen LogP contribution in [0.4, 0.5) is 0 Å². The molecule has 1 saturated carbocycles. The van der Waals surface area contributed by atoms with Gasteiger partial charge in [-0.1, -0.05) is 172 Å². The lowest BCUT2D eigenvalue weighted by atomic mass is 9.23. The maximum Gasteiger partial charge on any atom is 0.200 e. The van der Waals surface area contributed by atoms with Gasteiger partial charge in [0.15, 0.2) is 6.71 Å². The van der Waals surface area contributed by atoms with E-state index in [4.69, 9.17) is 0 Å². The minimum absolute atomic E-state index is 0.0187. The minimum atomic E-state index is 0.0187. The lowest BCUT2D eigenvalue weighted by Crippen LogP contribution is -2.63. The maximum absolute atomic E-state index is 3.14. The molecule has 9 atom stereocenters. The second-order valence-corrected chi connectivity index (χ2v) is 25.9. The van der Waals surface area contributed by atoms with Crippen molar-refractivity contribution in [3.63, 3.8) is 0 Å². The minimum Gasteiger partial charge on any atom is -0.362 e. The zero-order valence-electron chi connectivity index (χ0n) is 41.2. The van der Waals surface area contributed by atoms with Crippen LogP contribution in [-0.4, -0.2) is 34.1 Å². The molecule has 1 spiro atoms. The third kappa shape index (κ3) is 6.59. The molecule has 3 saturated heterocycles. The quantitative estimate of drug-likeness (QED) is 0.207.